The molecule has 0 aromatic heterocycles. The second-order valence-corrected chi connectivity index (χ2v) is 2.89. The van der Waals surface area contributed by atoms with Crippen LogP contribution in [0.2, 0.25) is 0 Å². The molecule has 0 saturated carbocycles. The van der Waals surface area contributed by atoms with Crippen LogP contribution >= 0.6 is 0 Å². The maximum atomic E-state index is 11.4. The van der Waals surface area contributed by atoms with Crippen molar-refractivity contribution in [3.05, 3.63) is 23.8 Å². The van der Waals surface area contributed by atoms with Crippen molar-refractivity contribution in [1.29, 1.82) is 0 Å². The molecule has 2 aliphatic rings. The highest BCUT2D eigenvalue weighted by Gasteiger charge is 2.14. The van der Waals surface area contributed by atoms with E-state index in [0.717, 1.165) is 0 Å². The Hall–Kier alpha value is -1.51. The van der Waals surface area contributed by atoms with Crippen LogP contribution in [0.4, 0.5) is 0 Å². The van der Waals surface area contributed by atoms with Crippen LogP contribution in [0.3, 0.4) is 0 Å². The highest BCUT2D eigenvalue weighted by Crippen LogP contribution is 2.30. The fraction of sp³-hybridized carbons (Fsp3) is 0.300. The van der Waals surface area contributed by atoms with Crippen molar-refractivity contribution in [2.24, 2.45) is 0 Å². The Kier molecular flexibility index (Phi) is 1.93. The number of rotatable bonds is 1. The molecule has 0 amide bonds. The zero-order valence-electron chi connectivity index (χ0n) is 7.37. The molecule has 0 atom stereocenters. The average molecular weight is 178 g/mol. The fourth-order valence-corrected chi connectivity index (χ4v) is 1.36. The predicted molar refractivity (Wildman–Crippen MR) is 47.4 cm³/mol. The zero-order valence-corrected chi connectivity index (χ0v) is 7.37. The third-order valence-electron chi connectivity index (χ3n) is 2.07. The molecule has 0 N–H and O–H groups in total. The zero-order chi connectivity index (χ0) is 9.26. The van der Waals surface area contributed by atoms with Crippen LogP contribution in [-0.4, -0.2) is 19.5 Å². The Morgan fingerprint density at radius 2 is 2.31 bits per heavy atom. The molecule has 3 nitrogen and oxygen atoms in total. The molecule has 2 heterocycles. The fourth-order valence-electron chi connectivity index (χ4n) is 1.36. The second kappa shape index (κ2) is 3.09. The largest absolute Gasteiger partial charge is 0.493 e. The molecular formula is C10H10O3. The van der Waals surface area contributed by atoms with E-state index in [-0.39, 0.29) is 5.78 Å². The van der Waals surface area contributed by atoms with Crippen molar-refractivity contribution < 1.29 is 14.3 Å². The number of ether oxygens (including phenoxy) is 2. The van der Waals surface area contributed by atoms with Gasteiger partial charge in [0.05, 0.1) is 13.7 Å². The van der Waals surface area contributed by atoms with Gasteiger partial charge in [-0.1, -0.05) is 0 Å². The number of ketones is 1. The topological polar surface area (TPSA) is 35.5 Å². The van der Waals surface area contributed by atoms with Gasteiger partial charge < -0.3 is 9.47 Å². The van der Waals surface area contributed by atoms with Crippen LogP contribution in [0.1, 0.15) is 16.8 Å². The highest BCUT2D eigenvalue weighted by molar-refractivity contribution is 5.97. The van der Waals surface area contributed by atoms with Crippen molar-refractivity contribution in [2.45, 2.75) is 6.42 Å². The van der Waals surface area contributed by atoms with Crippen molar-refractivity contribution in [1.82, 2.24) is 0 Å². The average Bonchev–Trinajstić information content (AvgIpc) is 2.14. The third kappa shape index (κ3) is 1.37. The molecule has 3 rings (SSSR count). The lowest BCUT2D eigenvalue weighted by atomic mass is 10.1. The minimum absolute atomic E-state index is 0.101. The van der Waals surface area contributed by atoms with E-state index in [1.165, 1.54) is 0 Å². The Bertz CT molecular complexity index is 344. The number of carbonyl (C=O) groups excluding carboxylic acids is 1. The Balaban J connectivity index is 2.53. The van der Waals surface area contributed by atoms with E-state index in [9.17, 15) is 4.79 Å². The van der Waals surface area contributed by atoms with E-state index in [1.807, 2.05) is 0 Å². The number of hydrogen-bond acceptors (Lipinski definition) is 3. The van der Waals surface area contributed by atoms with Gasteiger partial charge in [-0.05, 0) is 18.2 Å². The minimum Gasteiger partial charge on any atom is -0.493 e. The Morgan fingerprint density at radius 1 is 1.46 bits per heavy atom. The molecule has 68 valence electrons. The maximum absolute atomic E-state index is 11.4. The van der Waals surface area contributed by atoms with Gasteiger partial charge in [0.2, 0.25) is 0 Å². The first-order chi connectivity index (χ1) is 6.31. The number of fused-ring (bicyclic) bond motifs is 5. The first-order valence-electron chi connectivity index (χ1n) is 4.15. The van der Waals surface area contributed by atoms with E-state index in [2.05, 4.69) is 0 Å². The van der Waals surface area contributed by atoms with Gasteiger partial charge in [0.25, 0.3) is 0 Å². The summed E-state index contributed by atoms with van der Waals surface area (Å²) in [6.07, 6.45) is 0.441. The van der Waals surface area contributed by atoms with Crippen LogP contribution in [0, 0.1) is 0 Å². The van der Waals surface area contributed by atoms with Crippen LogP contribution in [-0.2, 0) is 0 Å². The third-order valence-corrected chi connectivity index (χ3v) is 2.07. The highest BCUT2D eigenvalue weighted by atomic mass is 16.5. The van der Waals surface area contributed by atoms with E-state index >= 15 is 0 Å². The second-order valence-electron chi connectivity index (χ2n) is 2.89. The molecule has 0 fully saturated rings. The normalized spacial score (nSPS) is 14.7. The number of Topliss-reactive ketones (excluding diaryl/α,β-unsaturated/α-hetero) is 1. The minimum atomic E-state index is 0.101. The van der Waals surface area contributed by atoms with Crippen LogP contribution < -0.4 is 9.47 Å². The van der Waals surface area contributed by atoms with Gasteiger partial charge in [-0.25, -0.2) is 0 Å². The van der Waals surface area contributed by atoms with Crippen LogP contribution in [0.25, 0.3) is 0 Å². The molecule has 0 spiro atoms. The molecule has 0 aliphatic carbocycles. The summed E-state index contributed by atoms with van der Waals surface area (Å²) in [5.41, 5.74) is 0.698. The van der Waals surface area contributed by atoms with Crippen molar-refractivity contribution in [3.63, 3.8) is 0 Å². The quantitative estimate of drug-likeness (QED) is 0.656. The van der Waals surface area contributed by atoms with Gasteiger partial charge >= 0.3 is 0 Å². The summed E-state index contributed by atoms with van der Waals surface area (Å²) in [5.74, 6) is 1.44. The summed E-state index contributed by atoms with van der Waals surface area (Å²) >= 11 is 0. The van der Waals surface area contributed by atoms with Gasteiger partial charge in [-0.2, -0.15) is 0 Å². The van der Waals surface area contributed by atoms with Crippen molar-refractivity contribution >= 4 is 5.78 Å². The smallest absolute Gasteiger partial charge is 0.166 e. The summed E-state index contributed by atoms with van der Waals surface area (Å²) in [4.78, 5) is 11.4. The van der Waals surface area contributed by atoms with E-state index < -0.39 is 0 Å². The molecule has 0 radical (unpaired) electrons. The molecule has 0 saturated heterocycles. The summed E-state index contributed by atoms with van der Waals surface area (Å²) < 4.78 is 10.4. The first-order valence-corrected chi connectivity index (χ1v) is 4.15. The van der Waals surface area contributed by atoms with Gasteiger partial charge in [0.15, 0.2) is 17.3 Å². The Morgan fingerprint density at radius 3 is 3.08 bits per heavy atom. The van der Waals surface area contributed by atoms with Crippen molar-refractivity contribution in [2.75, 3.05) is 13.7 Å². The lowest BCUT2D eigenvalue weighted by Gasteiger charge is -2.14. The lowest BCUT2D eigenvalue weighted by molar-refractivity contribution is 0.0956. The van der Waals surface area contributed by atoms with Crippen LogP contribution in [0.15, 0.2) is 18.2 Å². The molecule has 3 heteroatoms. The molecular weight excluding hydrogens is 168 g/mol. The predicted octanol–water partition coefficient (Wildman–Crippen LogP) is 1.66. The van der Waals surface area contributed by atoms with Gasteiger partial charge in [0.1, 0.15) is 0 Å². The summed E-state index contributed by atoms with van der Waals surface area (Å²) in [7, 11) is 1.57. The summed E-state index contributed by atoms with van der Waals surface area (Å²) in [6, 6.07) is 5.25. The van der Waals surface area contributed by atoms with E-state index in [1.54, 1.807) is 25.3 Å². The number of benzene rings is 1. The molecule has 1 aromatic carbocycles. The Labute approximate surface area is 76.3 Å². The molecule has 0 unspecified atom stereocenters. The van der Waals surface area contributed by atoms with Gasteiger partial charge in [-0.15, -0.1) is 0 Å². The molecule has 2 bridgehead atoms. The van der Waals surface area contributed by atoms with Crippen molar-refractivity contribution in [3.8, 4) is 11.5 Å². The SMILES string of the molecule is COc1cc2ccc1OCCC2=O. The van der Waals surface area contributed by atoms with E-state index in [4.69, 9.17) is 9.47 Å². The number of hydrogen-bond donors (Lipinski definition) is 0. The number of carbonyl (C=O) groups is 1. The molecule has 13 heavy (non-hydrogen) atoms. The van der Waals surface area contributed by atoms with Crippen LogP contribution in [0.5, 0.6) is 11.5 Å². The standard InChI is InChI=1S/C10H10O3/c1-12-10-6-7-2-3-9(10)13-5-4-8(7)11/h2-3,6H,4-5H2,1H3. The lowest BCUT2D eigenvalue weighted by Crippen LogP contribution is -2.11. The van der Waals surface area contributed by atoms with Gasteiger partial charge in [0, 0.05) is 12.0 Å². The molecule has 2 aliphatic heterocycles. The van der Waals surface area contributed by atoms with E-state index in [0.29, 0.717) is 30.1 Å². The monoisotopic (exact) mass is 178 g/mol. The summed E-state index contributed by atoms with van der Waals surface area (Å²) in [6.45, 7) is 0.433. The van der Waals surface area contributed by atoms with Gasteiger partial charge in [-0.3, -0.25) is 4.79 Å². The molecule has 1 aromatic rings. The first kappa shape index (κ1) is 8.10. The maximum Gasteiger partial charge on any atom is 0.166 e. The number of methoxy groups -OCH3 is 1. The summed E-state index contributed by atoms with van der Waals surface area (Å²) in [5, 5.41) is 0.